The van der Waals surface area contributed by atoms with Gasteiger partial charge in [0.1, 0.15) is 85.5 Å². The lowest BCUT2D eigenvalue weighted by Crippen LogP contribution is -2.66. The molecule has 12 N–H and O–H groups in total. The number of ether oxygens (including phenoxy) is 7. The second-order valence-electron chi connectivity index (χ2n) is 10.6. The zero-order chi connectivity index (χ0) is 31.0. The molecule has 0 aromatic heterocycles. The first-order valence-electron chi connectivity index (χ1n) is 13.4. The van der Waals surface area contributed by atoms with Gasteiger partial charge in [-0.1, -0.05) is 0 Å². The summed E-state index contributed by atoms with van der Waals surface area (Å²) in [6.45, 7) is -0.908. The minimum absolute atomic E-state index is 0.686. The van der Waals surface area contributed by atoms with E-state index in [1.54, 1.807) is 0 Å². The second kappa shape index (κ2) is 14.1. The monoisotopic (exact) mass is 620 g/mol. The van der Waals surface area contributed by atoms with E-state index in [1.165, 1.54) is 6.92 Å². The van der Waals surface area contributed by atoms with Crippen LogP contribution in [0.1, 0.15) is 6.92 Å². The van der Waals surface area contributed by atoms with Crippen LogP contribution in [0.25, 0.3) is 0 Å². The van der Waals surface area contributed by atoms with Crippen molar-refractivity contribution in [1.29, 1.82) is 0 Å². The van der Waals surface area contributed by atoms with Gasteiger partial charge in [0.15, 0.2) is 25.2 Å². The van der Waals surface area contributed by atoms with Gasteiger partial charge in [0.25, 0.3) is 0 Å². The molecule has 4 heterocycles. The van der Waals surface area contributed by atoms with Crippen LogP contribution in [0.15, 0.2) is 0 Å². The predicted molar refractivity (Wildman–Crippen MR) is 126 cm³/mol. The average Bonchev–Trinajstić information content (AvgIpc) is 3.24. The van der Waals surface area contributed by atoms with Crippen molar-refractivity contribution in [3.05, 3.63) is 0 Å². The van der Waals surface area contributed by atoms with Crippen molar-refractivity contribution < 1.29 is 94.4 Å². The summed E-state index contributed by atoms with van der Waals surface area (Å²) in [7, 11) is 0. The van der Waals surface area contributed by atoms with Gasteiger partial charge in [-0.25, -0.2) is 0 Å². The molecular formula is C23H40O19. The molecule has 0 saturated carbocycles. The van der Waals surface area contributed by atoms with Crippen LogP contribution in [-0.2, 0) is 33.2 Å². The summed E-state index contributed by atoms with van der Waals surface area (Å²) in [5.74, 6) is 0. The fourth-order valence-electron chi connectivity index (χ4n) is 5.27. The lowest BCUT2D eigenvalue weighted by Gasteiger charge is -2.48. The van der Waals surface area contributed by atoms with E-state index in [0.717, 1.165) is 0 Å². The van der Waals surface area contributed by atoms with Crippen LogP contribution in [-0.4, -0.2) is 198 Å². The Morgan fingerprint density at radius 1 is 0.429 bits per heavy atom. The van der Waals surface area contributed by atoms with Crippen LogP contribution in [0.4, 0.5) is 0 Å². The number of aliphatic hydroxyl groups is 12. The molecule has 42 heavy (non-hydrogen) atoms. The Balaban J connectivity index is 1.53. The van der Waals surface area contributed by atoms with Crippen molar-refractivity contribution in [2.45, 2.75) is 124 Å². The molecule has 4 aliphatic heterocycles. The largest absolute Gasteiger partial charge is 0.394 e. The molecule has 4 fully saturated rings. The lowest BCUT2D eigenvalue weighted by atomic mass is 9.96. The quantitative estimate of drug-likeness (QED) is 0.114. The minimum atomic E-state index is -1.93. The average molecular weight is 621 g/mol. The van der Waals surface area contributed by atoms with Gasteiger partial charge in [-0.2, -0.15) is 0 Å². The minimum Gasteiger partial charge on any atom is -0.394 e. The van der Waals surface area contributed by atoms with Gasteiger partial charge in [-0.05, 0) is 6.92 Å². The third-order valence-corrected chi connectivity index (χ3v) is 7.82. The van der Waals surface area contributed by atoms with Crippen molar-refractivity contribution >= 4 is 0 Å². The Morgan fingerprint density at radius 3 is 1.43 bits per heavy atom. The van der Waals surface area contributed by atoms with E-state index < -0.39 is 137 Å². The topological polar surface area (TPSA) is 307 Å². The van der Waals surface area contributed by atoms with Crippen LogP contribution in [0.3, 0.4) is 0 Å². The summed E-state index contributed by atoms with van der Waals surface area (Å²) in [6, 6.07) is 0. The molecule has 0 amide bonds. The van der Waals surface area contributed by atoms with Crippen molar-refractivity contribution in [2.24, 2.45) is 0 Å². The van der Waals surface area contributed by atoms with Gasteiger partial charge in [0.2, 0.25) is 0 Å². The molecule has 0 aliphatic carbocycles. The molecule has 4 saturated heterocycles. The molecule has 4 aliphatic rings. The molecule has 0 spiro atoms. The highest BCUT2D eigenvalue weighted by atomic mass is 16.8. The van der Waals surface area contributed by atoms with Crippen molar-refractivity contribution in [1.82, 2.24) is 0 Å². The first-order valence-corrected chi connectivity index (χ1v) is 13.4. The smallest absolute Gasteiger partial charge is 0.187 e. The van der Waals surface area contributed by atoms with Crippen molar-refractivity contribution in [2.75, 3.05) is 19.8 Å². The molecule has 0 aromatic carbocycles. The van der Waals surface area contributed by atoms with Crippen LogP contribution in [0.2, 0.25) is 0 Å². The molecule has 19 heteroatoms. The van der Waals surface area contributed by atoms with E-state index in [2.05, 4.69) is 0 Å². The summed E-state index contributed by atoms with van der Waals surface area (Å²) in [5, 5.41) is 122. The molecule has 4 rings (SSSR count). The van der Waals surface area contributed by atoms with Crippen LogP contribution in [0.5, 0.6) is 0 Å². The number of rotatable bonds is 9. The molecule has 19 nitrogen and oxygen atoms in total. The standard InChI is InChI=1S/C23H40O19/c1-5-9(27)18(41-22-14(32)12(30)10(28)6(2-24)38-22)16(34)23(36-5)40-17-8(4-26)37-20(35)15(33)19(17)42-21-13(31)11(29)7(3-25)39-21/h5-35H,2-4H2,1H3/t5-,6+,7-,8+,9-,10+,11-,12-,13+,14+,15+,16+,17+,18+,19+,20+,21-,22-,23-/m0/s1. The molecule has 19 atom stereocenters. The zero-order valence-corrected chi connectivity index (χ0v) is 22.3. The van der Waals surface area contributed by atoms with E-state index >= 15 is 0 Å². The highest BCUT2D eigenvalue weighted by molar-refractivity contribution is 4.97. The maximum Gasteiger partial charge on any atom is 0.187 e. The normalized spacial score (nSPS) is 53.8. The van der Waals surface area contributed by atoms with Gasteiger partial charge >= 0.3 is 0 Å². The van der Waals surface area contributed by atoms with Crippen molar-refractivity contribution in [3.63, 3.8) is 0 Å². The van der Waals surface area contributed by atoms with Crippen molar-refractivity contribution in [3.8, 4) is 0 Å². The van der Waals surface area contributed by atoms with Crippen LogP contribution in [0, 0.1) is 0 Å². The highest BCUT2D eigenvalue weighted by Crippen LogP contribution is 2.34. The van der Waals surface area contributed by atoms with Crippen LogP contribution >= 0.6 is 0 Å². The predicted octanol–water partition coefficient (Wildman–Crippen LogP) is -8.08. The lowest BCUT2D eigenvalue weighted by molar-refractivity contribution is -0.383. The summed E-state index contributed by atoms with van der Waals surface area (Å²) in [6.07, 6.45) is -31.1. The molecule has 0 aromatic rings. The number of aliphatic hydroxyl groups excluding tert-OH is 12. The Morgan fingerprint density at radius 2 is 0.881 bits per heavy atom. The number of hydrogen-bond donors (Lipinski definition) is 12. The second-order valence-corrected chi connectivity index (χ2v) is 10.6. The van der Waals surface area contributed by atoms with Gasteiger partial charge in [-0.15, -0.1) is 0 Å². The maximum absolute atomic E-state index is 11.1. The van der Waals surface area contributed by atoms with E-state index in [9.17, 15) is 61.3 Å². The molecule has 0 bridgehead atoms. The SMILES string of the molecule is C[C@@H]1O[C@@H](O[C@H]2[C@H](O[C@@H]3O[C@@H](CO)[C@H](O)[C@H]3O)[C@@H](O)[C@H](O)O[C@@H]2CO)[C@H](O)[C@H](O[C@@H]2O[C@H](CO)[C@@H](O)[C@H](O)[C@H]2O)[C@H]1O. The van der Waals surface area contributed by atoms with E-state index in [1.807, 2.05) is 0 Å². The highest BCUT2D eigenvalue weighted by Gasteiger charge is 2.55. The van der Waals surface area contributed by atoms with Crippen LogP contribution < -0.4 is 0 Å². The molecule has 246 valence electrons. The summed E-state index contributed by atoms with van der Waals surface area (Å²) < 4.78 is 38.3. The Bertz CT molecular complexity index is 853. The third kappa shape index (κ3) is 6.60. The first-order chi connectivity index (χ1) is 19.8. The molecule has 0 unspecified atom stereocenters. The maximum atomic E-state index is 11.1. The van der Waals surface area contributed by atoms with Gasteiger partial charge < -0.3 is 94.4 Å². The fourth-order valence-corrected chi connectivity index (χ4v) is 5.27. The Hall–Kier alpha value is -0.760. The van der Waals surface area contributed by atoms with E-state index in [-0.39, 0.29) is 0 Å². The summed E-state index contributed by atoms with van der Waals surface area (Å²) in [4.78, 5) is 0. The summed E-state index contributed by atoms with van der Waals surface area (Å²) in [5.41, 5.74) is 0. The van der Waals surface area contributed by atoms with Gasteiger partial charge in [0, 0.05) is 0 Å². The fraction of sp³-hybridized carbons (Fsp3) is 1.00. The Kier molecular flexibility index (Phi) is 11.5. The Labute approximate surface area is 238 Å². The van der Waals surface area contributed by atoms with Gasteiger partial charge in [0.05, 0.1) is 25.9 Å². The van der Waals surface area contributed by atoms with Gasteiger partial charge in [-0.3, -0.25) is 0 Å². The van der Waals surface area contributed by atoms with E-state index in [4.69, 9.17) is 33.2 Å². The van der Waals surface area contributed by atoms with E-state index in [0.29, 0.717) is 0 Å². The third-order valence-electron chi connectivity index (χ3n) is 7.82. The molecule has 0 radical (unpaired) electrons. The number of hydrogen-bond acceptors (Lipinski definition) is 19. The zero-order valence-electron chi connectivity index (χ0n) is 22.3. The first kappa shape index (κ1) is 34.1. The summed E-state index contributed by atoms with van der Waals surface area (Å²) >= 11 is 0. The molecular weight excluding hydrogens is 580 g/mol.